The molecule has 0 saturated heterocycles. The first-order valence-electron chi connectivity index (χ1n) is 6.16. The zero-order chi connectivity index (χ0) is 12.8. The van der Waals surface area contributed by atoms with Gasteiger partial charge in [-0.3, -0.25) is 4.99 Å². The molecular formula is C15H16ClNS. The lowest BCUT2D eigenvalue weighted by Crippen LogP contribution is -1.82. The smallest absolute Gasteiger partial charge is 0.0935 e. The van der Waals surface area contributed by atoms with Crippen molar-refractivity contribution in [3.63, 3.8) is 0 Å². The van der Waals surface area contributed by atoms with E-state index in [2.05, 4.69) is 36.2 Å². The van der Waals surface area contributed by atoms with Crippen molar-refractivity contribution < 1.29 is 0 Å². The second kappa shape index (κ2) is 6.72. The van der Waals surface area contributed by atoms with E-state index in [-0.39, 0.29) is 0 Å². The van der Waals surface area contributed by atoms with Gasteiger partial charge >= 0.3 is 0 Å². The van der Waals surface area contributed by atoms with Crippen molar-refractivity contribution in [2.45, 2.75) is 26.2 Å². The number of nitrogens with zero attached hydrogens (tertiary/aromatic N) is 1. The van der Waals surface area contributed by atoms with Gasteiger partial charge in [0.1, 0.15) is 0 Å². The van der Waals surface area contributed by atoms with Crippen LogP contribution >= 0.6 is 22.9 Å². The summed E-state index contributed by atoms with van der Waals surface area (Å²) >= 11 is 7.41. The zero-order valence-corrected chi connectivity index (χ0v) is 12.0. The summed E-state index contributed by atoms with van der Waals surface area (Å²) in [5.74, 6) is 0. The molecule has 2 rings (SSSR count). The lowest BCUT2D eigenvalue weighted by molar-refractivity contribution is 0.795. The molecule has 94 valence electrons. The fraction of sp³-hybridized carbons (Fsp3) is 0.267. The van der Waals surface area contributed by atoms with E-state index in [1.807, 2.05) is 18.3 Å². The van der Waals surface area contributed by atoms with Crippen LogP contribution in [0.25, 0.3) is 0 Å². The van der Waals surface area contributed by atoms with Gasteiger partial charge in [-0.15, -0.1) is 11.3 Å². The molecule has 1 heterocycles. The van der Waals surface area contributed by atoms with E-state index >= 15 is 0 Å². The number of aliphatic imine (C=N–C) groups is 1. The number of hydrogen-bond donors (Lipinski definition) is 0. The Bertz CT molecular complexity index is 514. The molecule has 3 heteroatoms. The number of rotatable bonds is 5. The lowest BCUT2D eigenvalue weighted by atomic mass is 10.1. The Kier molecular flexibility index (Phi) is 4.97. The standard InChI is InChI=1S/C15H16ClNS/c1-2-3-4-12-5-7-13(8-6-12)17-11-14-9-10-15(16)18-14/h5-11H,2-4H2,1H3. The summed E-state index contributed by atoms with van der Waals surface area (Å²) in [6.07, 6.45) is 5.49. The van der Waals surface area contributed by atoms with Crippen LogP contribution < -0.4 is 0 Å². The third kappa shape index (κ3) is 3.97. The van der Waals surface area contributed by atoms with Crippen LogP contribution in [0.4, 0.5) is 5.69 Å². The molecule has 18 heavy (non-hydrogen) atoms. The number of aryl methyl sites for hydroxylation is 1. The van der Waals surface area contributed by atoms with Crippen molar-refractivity contribution in [3.8, 4) is 0 Å². The molecule has 1 nitrogen and oxygen atoms in total. The predicted molar refractivity (Wildman–Crippen MR) is 81.6 cm³/mol. The zero-order valence-electron chi connectivity index (χ0n) is 10.4. The van der Waals surface area contributed by atoms with Gasteiger partial charge in [0.05, 0.1) is 10.0 Å². The maximum atomic E-state index is 5.87. The molecule has 0 spiro atoms. The number of thiophene rings is 1. The van der Waals surface area contributed by atoms with Crippen LogP contribution in [0.1, 0.15) is 30.2 Å². The Morgan fingerprint density at radius 1 is 1.17 bits per heavy atom. The second-order valence-corrected chi connectivity index (χ2v) is 5.92. The molecule has 2 aromatic rings. The third-order valence-corrected chi connectivity index (χ3v) is 3.86. The first-order chi connectivity index (χ1) is 8.78. The molecule has 1 aromatic carbocycles. The molecule has 0 N–H and O–H groups in total. The molecule has 0 amide bonds. The molecule has 0 aliphatic heterocycles. The Labute approximate surface area is 117 Å². The Morgan fingerprint density at radius 2 is 1.94 bits per heavy atom. The van der Waals surface area contributed by atoms with Gasteiger partial charge in [0.15, 0.2) is 0 Å². The summed E-state index contributed by atoms with van der Waals surface area (Å²) in [5.41, 5.74) is 2.37. The van der Waals surface area contributed by atoms with E-state index < -0.39 is 0 Å². The number of unbranched alkanes of at least 4 members (excludes halogenated alkanes) is 1. The Morgan fingerprint density at radius 3 is 2.56 bits per heavy atom. The first-order valence-corrected chi connectivity index (χ1v) is 7.35. The van der Waals surface area contributed by atoms with Gasteiger partial charge in [-0.25, -0.2) is 0 Å². The summed E-state index contributed by atoms with van der Waals surface area (Å²) in [6, 6.07) is 12.3. The van der Waals surface area contributed by atoms with E-state index in [1.54, 1.807) is 0 Å². The van der Waals surface area contributed by atoms with E-state index in [1.165, 1.54) is 29.7 Å². The lowest BCUT2D eigenvalue weighted by Gasteiger charge is -1.99. The number of hydrogen-bond acceptors (Lipinski definition) is 2. The van der Waals surface area contributed by atoms with Gasteiger partial charge < -0.3 is 0 Å². The van der Waals surface area contributed by atoms with Crippen LogP contribution in [-0.4, -0.2) is 6.21 Å². The fourth-order valence-corrected chi connectivity index (χ4v) is 2.60. The maximum absolute atomic E-state index is 5.87. The van der Waals surface area contributed by atoms with Crippen molar-refractivity contribution in [3.05, 3.63) is 51.2 Å². The summed E-state index contributed by atoms with van der Waals surface area (Å²) in [4.78, 5) is 5.52. The van der Waals surface area contributed by atoms with Gasteiger partial charge in [0.2, 0.25) is 0 Å². The third-order valence-electron chi connectivity index (χ3n) is 2.69. The molecule has 0 radical (unpaired) electrons. The molecule has 0 saturated carbocycles. The molecular weight excluding hydrogens is 262 g/mol. The molecule has 1 aromatic heterocycles. The fourth-order valence-electron chi connectivity index (χ4n) is 1.67. The van der Waals surface area contributed by atoms with Crippen molar-refractivity contribution in [2.24, 2.45) is 4.99 Å². The van der Waals surface area contributed by atoms with Crippen molar-refractivity contribution in [1.29, 1.82) is 0 Å². The summed E-state index contributed by atoms with van der Waals surface area (Å²) in [7, 11) is 0. The van der Waals surface area contributed by atoms with Crippen molar-refractivity contribution >= 4 is 34.8 Å². The van der Waals surface area contributed by atoms with Crippen LogP contribution in [0.15, 0.2) is 41.4 Å². The highest BCUT2D eigenvalue weighted by molar-refractivity contribution is 7.17. The molecule has 0 aliphatic carbocycles. The maximum Gasteiger partial charge on any atom is 0.0935 e. The summed E-state index contributed by atoms with van der Waals surface area (Å²) < 4.78 is 0.798. The molecule has 0 atom stereocenters. The van der Waals surface area contributed by atoms with Gasteiger partial charge in [-0.1, -0.05) is 37.1 Å². The Hall–Kier alpha value is -1.12. The second-order valence-electron chi connectivity index (χ2n) is 4.17. The normalized spacial score (nSPS) is 11.2. The van der Waals surface area contributed by atoms with E-state index in [0.29, 0.717) is 0 Å². The molecule has 0 fully saturated rings. The van der Waals surface area contributed by atoms with Gasteiger partial charge in [0.25, 0.3) is 0 Å². The summed E-state index contributed by atoms with van der Waals surface area (Å²) in [6.45, 7) is 2.21. The van der Waals surface area contributed by atoms with Crippen LogP contribution in [-0.2, 0) is 6.42 Å². The highest BCUT2D eigenvalue weighted by Gasteiger charge is 1.95. The van der Waals surface area contributed by atoms with Gasteiger partial charge in [0, 0.05) is 11.1 Å². The monoisotopic (exact) mass is 277 g/mol. The SMILES string of the molecule is CCCCc1ccc(N=Cc2ccc(Cl)s2)cc1. The largest absolute Gasteiger partial charge is 0.255 e. The Balaban J connectivity index is 1.99. The van der Waals surface area contributed by atoms with Crippen LogP contribution in [0, 0.1) is 0 Å². The predicted octanol–water partition coefficient (Wildman–Crippen LogP) is 5.49. The number of halogens is 1. The van der Waals surface area contributed by atoms with Crippen LogP contribution in [0.5, 0.6) is 0 Å². The topological polar surface area (TPSA) is 12.4 Å². The number of benzene rings is 1. The average molecular weight is 278 g/mol. The molecule has 0 aliphatic rings. The van der Waals surface area contributed by atoms with Crippen LogP contribution in [0.3, 0.4) is 0 Å². The minimum Gasteiger partial charge on any atom is -0.255 e. The van der Waals surface area contributed by atoms with E-state index in [9.17, 15) is 0 Å². The van der Waals surface area contributed by atoms with Crippen LogP contribution in [0.2, 0.25) is 4.34 Å². The minimum absolute atomic E-state index is 0.798. The highest BCUT2D eigenvalue weighted by atomic mass is 35.5. The highest BCUT2D eigenvalue weighted by Crippen LogP contribution is 2.21. The van der Waals surface area contributed by atoms with Crippen molar-refractivity contribution in [2.75, 3.05) is 0 Å². The first kappa shape index (κ1) is 13.3. The quantitative estimate of drug-likeness (QED) is 0.640. The van der Waals surface area contributed by atoms with Gasteiger partial charge in [-0.2, -0.15) is 0 Å². The van der Waals surface area contributed by atoms with E-state index in [0.717, 1.165) is 21.3 Å². The van der Waals surface area contributed by atoms with Gasteiger partial charge in [-0.05, 0) is 42.7 Å². The van der Waals surface area contributed by atoms with Crippen molar-refractivity contribution in [1.82, 2.24) is 0 Å². The minimum atomic E-state index is 0.798. The molecule has 0 unspecified atom stereocenters. The van der Waals surface area contributed by atoms with E-state index in [4.69, 9.17) is 11.6 Å². The molecule has 0 bridgehead atoms. The summed E-state index contributed by atoms with van der Waals surface area (Å²) in [5, 5.41) is 0. The average Bonchev–Trinajstić information content (AvgIpc) is 2.81.